The third kappa shape index (κ3) is 5.55. The lowest BCUT2D eigenvalue weighted by Gasteiger charge is -2.05. The minimum absolute atomic E-state index is 0.987. The van der Waals surface area contributed by atoms with Gasteiger partial charge in [0, 0.05) is 6.54 Å². The average molecular weight is 206 g/mol. The molecule has 2 heteroatoms. The molecule has 0 radical (unpaired) electrons. The highest BCUT2D eigenvalue weighted by molar-refractivity contribution is 5.21. The van der Waals surface area contributed by atoms with E-state index < -0.39 is 0 Å². The smallest absolute Gasteiger partial charge is 0.0205 e. The van der Waals surface area contributed by atoms with Crippen molar-refractivity contribution in [3.05, 3.63) is 35.4 Å². The predicted molar refractivity (Wildman–Crippen MR) is 66.0 cm³/mol. The summed E-state index contributed by atoms with van der Waals surface area (Å²) >= 11 is 0. The van der Waals surface area contributed by atoms with Gasteiger partial charge in [-0.3, -0.25) is 0 Å². The van der Waals surface area contributed by atoms with E-state index in [0.29, 0.717) is 0 Å². The Morgan fingerprint density at radius 2 is 1.93 bits per heavy atom. The Hall–Kier alpha value is -0.860. The van der Waals surface area contributed by atoms with Crippen LogP contribution in [0.25, 0.3) is 0 Å². The summed E-state index contributed by atoms with van der Waals surface area (Å²) in [5, 5.41) is 6.62. The quantitative estimate of drug-likeness (QED) is 0.667. The fourth-order valence-corrected chi connectivity index (χ4v) is 1.61. The molecule has 0 aliphatic carbocycles. The maximum Gasteiger partial charge on any atom is 0.0205 e. The molecule has 0 aliphatic heterocycles. The molecule has 1 aromatic rings. The van der Waals surface area contributed by atoms with Crippen molar-refractivity contribution in [3.8, 4) is 0 Å². The molecule has 0 fully saturated rings. The highest BCUT2D eigenvalue weighted by Crippen LogP contribution is 2.03. The van der Waals surface area contributed by atoms with Gasteiger partial charge in [-0.2, -0.15) is 0 Å². The first-order valence-corrected chi connectivity index (χ1v) is 5.74. The van der Waals surface area contributed by atoms with Crippen LogP contribution in [0.2, 0.25) is 0 Å². The number of aryl methyl sites for hydroxylation is 1. The SMILES string of the molecule is CNCCCCNCc1cccc(C)c1. The Morgan fingerprint density at radius 1 is 1.13 bits per heavy atom. The van der Waals surface area contributed by atoms with Gasteiger partial charge in [-0.1, -0.05) is 29.8 Å². The second-order valence-electron chi connectivity index (χ2n) is 3.98. The monoisotopic (exact) mass is 206 g/mol. The van der Waals surface area contributed by atoms with Crippen molar-refractivity contribution in [3.63, 3.8) is 0 Å². The largest absolute Gasteiger partial charge is 0.320 e. The molecule has 2 N–H and O–H groups in total. The summed E-state index contributed by atoms with van der Waals surface area (Å²) in [6.45, 7) is 5.35. The molecule has 84 valence electrons. The summed E-state index contributed by atoms with van der Waals surface area (Å²) in [7, 11) is 2.00. The van der Waals surface area contributed by atoms with Gasteiger partial charge in [0.05, 0.1) is 0 Å². The summed E-state index contributed by atoms with van der Waals surface area (Å²) in [5.74, 6) is 0. The Balaban J connectivity index is 2.10. The third-order valence-corrected chi connectivity index (χ3v) is 2.44. The normalized spacial score (nSPS) is 10.5. The number of nitrogens with one attached hydrogen (secondary N) is 2. The molecule has 0 aliphatic rings. The Labute approximate surface area is 93.1 Å². The molecule has 1 aromatic carbocycles. The Morgan fingerprint density at radius 3 is 2.67 bits per heavy atom. The van der Waals surface area contributed by atoms with Crippen LogP contribution >= 0.6 is 0 Å². The van der Waals surface area contributed by atoms with Gasteiger partial charge in [0.1, 0.15) is 0 Å². The minimum atomic E-state index is 0.987. The van der Waals surface area contributed by atoms with Crippen LogP contribution in [0.4, 0.5) is 0 Å². The van der Waals surface area contributed by atoms with E-state index in [2.05, 4.69) is 41.8 Å². The van der Waals surface area contributed by atoms with Crippen molar-refractivity contribution < 1.29 is 0 Å². The summed E-state index contributed by atoms with van der Waals surface area (Å²) in [5.41, 5.74) is 2.72. The van der Waals surface area contributed by atoms with Gasteiger partial charge < -0.3 is 10.6 Å². The highest BCUT2D eigenvalue weighted by atomic mass is 14.8. The molecule has 0 spiro atoms. The van der Waals surface area contributed by atoms with Gasteiger partial charge in [-0.05, 0) is 45.5 Å². The van der Waals surface area contributed by atoms with E-state index in [9.17, 15) is 0 Å². The molecular weight excluding hydrogens is 184 g/mol. The van der Waals surface area contributed by atoms with Crippen molar-refractivity contribution in [2.45, 2.75) is 26.3 Å². The second-order valence-corrected chi connectivity index (χ2v) is 3.98. The van der Waals surface area contributed by atoms with Crippen LogP contribution in [-0.2, 0) is 6.54 Å². The van der Waals surface area contributed by atoms with Gasteiger partial charge in [0.2, 0.25) is 0 Å². The Kier molecular flexibility index (Phi) is 6.05. The van der Waals surface area contributed by atoms with E-state index in [1.165, 1.54) is 24.0 Å². The maximum absolute atomic E-state index is 3.46. The number of hydrogen-bond acceptors (Lipinski definition) is 2. The first-order valence-electron chi connectivity index (χ1n) is 5.74. The van der Waals surface area contributed by atoms with E-state index >= 15 is 0 Å². The lowest BCUT2D eigenvalue weighted by Crippen LogP contribution is -2.16. The van der Waals surface area contributed by atoms with Crippen LogP contribution in [0.1, 0.15) is 24.0 Å². The van der Waals surface area contributed by atoms with Gasteiger partial charge in [0.25, 0.3) is 0 Å². The van der Waals surface area contributed by atoms with Crippen LogP contribution in [-0.4, -0.2) is 20.1 Å². The van der Waals surface area contributed by atoms with Crippen molar-refractivity contribution in [2.24, 2.45) is 0 Å². The first-order chi connectivity index (χ1) is 7.33. The summed E-state index contributed by atoms with van der Waals surface area (Å²) in [6, 6.07) is 8.66. The zero-order chi connectivity index (χ0) is 10.9. The lowest BCUT2D eigenvalue weighted by atomic mass is 10.1. The topological polar surface area (TPSA) is 24.1 Å². The third-order valence-electron chi connectivity index (χ3n) is 2.44. The van der Waals surface area contributed by atoms with Gasteiger partial charge in [-0.15, -0.1) is 0 Å². The summed E-state index contributed by atoms with van der Waals surface area (Å²) in [6.07, 6.45) is 2.49. The van der Waals surface area contributed by atoms with Crippen LogP contribution in [0, 0.1) is 6.92 Å². The van der Waals surface area contributed by atoms with Crippen molar-refractivity contribution in [1.29, 1.82) is 0 Å². The molecule has 0 saturated carbocycles. The average Bonchev–Trinajstić information content (AvgIpc) is 2.23. The molecular formula is C13H22N2. The van der Waals surface area contributed by atoms with E-state index in [1.807, 2.05) is 7.05 Å². The number of hydrogen-bond donors (Lipinski definition) is 2. The molecule has 0 atom stereocenters. The molecule has 0 unspecified atom stereocenters. The standard InChI is InChI=1S/C13H22N2/c1-12-6-5-7-13(10-12)11-15-9-4-3-8-14-2/h5-7,10,14-15H,3-4,8-9,11H2,1-2H3. The zero-order valence-corrected chi connectivity index (χ0v) is 9.84. The van der Waals surface area contributed by atoms with Crippen LogP contribution in [0.15, 0.2) is 24.3 Å². The number of unbranched alkanes of at least 4 members (excludes halogenated alkanes) is 1. The van der Waals surface area contributed by atoms with E-state index in [1.54, 1.807) is 0 Å². The Bertz CT molecular complexity index is 271. The fraction of sp³-hybridized carbons (Fsp3) is 0.538. The molecule has 2 nitrogen and oxygen atoms in total. The highest BCUT2D eigenvalue weighted by Gasteiger charge is 1.92. The van der Waals surface area contributed by atoms with Crippen molar-refractivity contribution >= 4 is 0 Å². The summed E-state index contributed by atoms with van der Waals surface area (Å²) < 4.78 is 0. The lowest BCUT2D eigenvalue weighted by molar-refractivity contribution is 0.605. The van der Waals surface area contributed by atoms with E-state index in [4.69, 9.17) is 0 Å². The molecule has 0 bridgehead atoms. The molecule has 0 heterocycles. The molecule has 15 heavy (non-hydrogen) atoms. The summed E-state index contributed by atoms with van der Waals surface area (Å²) in [4.78, 5) is 0. The maximum atomic E-state index is 3.46. The van der Waals surface area contributed by atoms with Crippen LogP contribution < -0.4 is 10.6 Å². The van der Waals surface area contributed by atoms with E-state index in [0.717, 1.165) is 19.6 Å². The van der Waals surface area contributed by atoms with Crippen LogP contribution in [0.3, 0.4) is 0 Å². The molecule has 0 aromatic heterocycles. The fourth-order valence-electron chi connectivity index (χ4n) is 1.61. The predicted octanol–water partition coefficient (Wildman–Crippen LogP) is 2.08. The number of rotatable bonds is 7. The number of benzene rings is 1. The molecule has 0 saturated heterocycles. The van der Waals surface area contributed by atoms with Gasteiger partial charge in [0.15, 0.2) is 0 Å². The van der Waals surface area contributed by atoms with Crippen molar-refractivity contribution in [2.75, 3.05) is 20.1 Å². The van der Waals surface area contributed by atoms with Crippen molar-refractivity contribution in [1.82, 2.24) is 10.6 Å². The molecule has 0 amide bonds. The van der Waals surface area contributed by atoms with Gasteiger partial charge >= 0.3 is 0 Å². The minimum Gasteiger partial charge on any atom is -0.320 e. The first kappa shape index (κ1) is 12.2. The second kappa shape index (κ2) is 7.43. The van der Waals surface area contributed by atoms with Gasteiger partial charge in [-0.25, -0.2) is 0 Å². The van der Waals surface area contributed by atoms with E-state index in [-0.39, 0.29) is 0 Å². The zero-order valence-electron chi connectivity index (χ0n) is 9.84. The van der Waals surface area contributed by atoms with Crippen LogP contribution in [0.5, 0.6) is 0 Å². The molecule has 1 rings (SSSR count).